The Hall–Kier alpha value is -1.95. The van der Waals surface area contributed by atoms with Crippen LogP contribution >= 0.6 is 0 Å². The number of hydrogen-bond donors (Lipinski definition) is 3. The van der Waals surface area contributed by atoms with Crippen molar-refractivity contribution in [2.75, 3.05) is 18.5 Å². The van der Waals surface area contributed by atoms with Crippen molar-refractivity contribution in [3.05, 3.63) is 29.6 Å². The van der Waals surface area contributed by atoms with Gasteiger partial charge in [-0.2, -0.15) is 0 Å². The van der Waals surface area contributed by atoms with Gasteiger partial charge in [0, 0.05) is 25.6 Å². The zero-order chi connectivity index (χ0) is 16.5. The summed E-state index contributed by atoms with van der Waals surface area (Å²) in [7, 11) is 0. The molecule has 1 unspecified atom stereocenters. The number of anilines is 1. The largest absolute Gasteiger partial charge is 0.396 e. The fraction of sp³-hybridized carbons (Fsp3) is 0.500. The zero-order valence-electron chi connectivity index (χ0n) is 13.0. The van der Waals surface area contributed by atoms with Crippen LogP contribution in [0.25, 0.3) is 0 Å². The standard InChI is InChI=1S/C16H23FN2O3/c1-3-4-12(7-8-20)10-18-16(22)13-5-6-14(17)15(9-13)19-11(2)21/h5-6,9,12,20H,3-4,7-8,10H2,1-2H3,(H,18,22)(H,19,21). The zero-order valence-corrected chi connectivity index (χ0v) is 13.0. The smallest absolute Gasteiger partial charge is 0.251 e. The minimum absolute atomic E-state index is 0.0133. The Morgan fingerprint density at radius 1 is 1.32 bits per heavy atom. The molecule has 0 saturated heterocycles. The van der Waals surface area contributed by atoms with Gasteiger partial charge in [-0.3, -0.25) is 9.59 Å². The summed E-state index contributed by atoms with van der Waals surface area (Å²) in [5.41, 5.74) is 0.269. The van der Waals surface area contributed by atoms with E-state index in [0.29, 0.717) is 13.0 Å². The normalized spacial score (nSPS) is 11.8. The Labute approximate surface area is 129 Å². The number of carbonyl (C=O) groups is 2. The molecule has 0 heterocycles. The number of carbonyl (C=O) groups excluding carboxylic acids is 2. The number of amides is 2. The van der Waals surface area contributed by atoms with Crippen LogP contribution in [0.2, 0.25) is 0 Å². The molecule has 22 heavy (non-hydrogen) atoms. The van der Waals surface area contributed by atoms with Gasteiger partial charge in [-0.1, -0.05) is 13.3 Å². The first-order valence-corrected chi connectivity index (χ1v) is 7.44. The minimum atomic E-state index is -0.587. The lowest BCUT2D eigenvalue weighted by Crippen LogP contribution is -2.30. The molecule has 3 N–H and O–H groups in total. The molecular formula is C16H23FN2O3. The fourth-order valence-corrected chi connectivity index (χ4v) is 2.23. The first-order chi connectivity index (χ1) is 10.5. The van der Waals surface area contributed by atoms with Crippen molar-refractivity contribution in [2.45, 2.75) is 33.1 Å². The van der Waals surface area contributed by atoms with Crippen LogP contribution in [0.15, 0.2) is 18.2 Å². The highest BCUT2D eigenvalue weighted by atomic mass is 19.1. The molecule has 1 rings (SSSR count). The molecule has 0 radical (unpaired) electrons. The van der Waals surface area contributed by atoms with E-state index in [1.54, 1.807) is 0 Å². The summed E-state index contributed by atoms with van der Waals surface area (Å²) in [5, 5.41) is 14.1. The molecule has 122 valence electrons. The van der Waals surface area contributed by atoms with Crippen molar-refractivity contribution in [1.82, 2.24) is 5.32 Å². The molecule has 0 aliphatic heterocycles. The Bertz CT molecular complexity index is 514. The van der Waals surface area contributed by atoms with Crippen LogP contribution in [0.4, 0.5) is 10.1 Å². The number of benzene rings is 1. The predicted molar refractivity (Wildman–Crippen MR) is 83.1 cm³/mol. The van der Waals surface area contributed by atoms with Gasteiger partial charge in [0.25, 0.3) is 5.91 Å². The number of rotatable bonds is 8. The second-order valence-electron chi connectivity index (χ2n) is 5.25. The molecular weight excluding hydrogens is 287 g/mol. The van der Waals surface area contributed by atoms with Crippen molar-refractivity contribution in [3.63, 3.8) is 0 Å². The second-order valence-corrected chi connectivity index (χ2v) is 5.25. The lowest BCUT2D eigenvalue weighted by molar-refractivity contribution is -0.114. The van der Waals surface area contributed by atoms with Gasteiger partial charge in [0.1, 0.15) is 5.82 Å². The van der Waals surface area contributed by atoms with Crippen LogP contribution in [-0.4, -0.2) is 30.1 Å². The third-order valence-electron chi connectivity index (χ3n) is 3.32. The van der Waals surface area contributed by atoms with Crippen LogP contribution in [-0.2, 0) is 4.79 Å². The van der Waals surface area contributed by atoms with E-state index in [0.717, 1.165) is 18.9 Å². The Morgan fingerprint density at radius 3 is 2.64 bits per heavy atom. The van der Waals surface area contributed by atoms with Crippen molar-refractivity contribution in [1.29, 1.82) is 0 Å². The van der Waals surface area contributed by atoms with E-state index in [2.05, 4.69) is 10.6 Å². The van der Waals surface area contributed by atoms with E-state index in [9.17, 15) is 14.0 Å². The fourth-order valence-electron chi connectivity index (χ4n) is 2.23. The Balaban J connectivity index is 2.70. The molecule has 0 bridgehead atoms. The molecule has 0 aliphatic carbocycles. The van der Waals surface area contributed by atoms with Crippen LogP contribution in [0.3, 0.4) is 0 Å². The number of halogens is 1. The number of aliphatic hydroxyl groups excluding tert-OH is 1. The van der Waals surface area contributed by atoms with Crippen molar-refractivity contribution in [2.24, 2.45) is 5.92 Å². The summed E-state index contributed by atoms with van der Waals surface area (Å²) in [4.78, 5) is 23.1. The average molecular weight is 310 g/mol. The van der Waals surface area contributed by atoms with Crippen molar-refractivity contribution in [3.8, 4) is 0 Å². The highest BCUT2D eigenvalue weighted by molar-refractivity contribution is 5.96. The molecule has 1 aromatic rings. The van der Waals surface area contributed by atoms with Gasteiger partial charge in [0.05, 0.1) is 5.69 Å². The van der Waals surface area contributed by atoms with Crippen molar-refractivity contribution < 1.29 is 19.1 Å². The SMILES string of the molecule is CCCC(CCO)CNC(=O)c1ccc(F)c(NC(C)=O)c1. The summed E-state index contributed by atoms with van der Waals surface area (Å²) in [6.07, 6.45) is 2.53. The topological polar surface area (TPSA) is 78.4 Å². The number of nitrogens with one attached hydrogen (secondary N) is 2. The van der Waals surface area contributed by atoms with E-state index in [1.165, 1.54) is 19.1 Å². The third-order valence-corrected chi connectivity index (χ3v) is 3.32. The van der Waals surface area contributed by atoms with Crippen LogP contribution in [0.1, 0.15) is 43.5 Å². The molecule has 5 nitrogen and oxygen atoms in total. The van der Waals surface area contributed by atoms with Gasteiger partial charge in [-0.15, -0.1) is 0 Å². The average Bonchev–Trinajstić information content (AvgIpc) is 2.46. The highest BCUT2D eigenvalue weighted by Gasteiger charge is 2.13. The molecule has 2 amide bonds. The lowest BCUT2D eigenvalue weighted by Gasteiger charge is -2.16. The molecule has 1 aromatic carbocycles. The predicted octanol–water partition coefficient (Wildman–Crippen LogP) is 2.31. The van der Waals surface area contributed by atoms with Crippen LogP contribution in [0.5, 0.6) is 0 Å². The van der Waals surface area contributed by atoms with Crippen LogP contribution < -0.4 is 10.6 Å². The number of hydrogen-bond acceptors (Lipinski definition) is 3. The molecule has 0 fully saturated rings. The Kier molecular flexibility index (Phi) is 7.52. The van der Waals surface area contributed by atoms with Gasteiger partial charge in [0.15, 0.2) is 0 Å². The molecule has 1 atom stereocenters. The summed E-state index contributed by atoms with van der Waals surface area (Å²) < 4.78 is 13.5. The summed E-state index contributed by atoms with van der Waals surface area (Å²) >= 11 is 0. The van der Waals surface area contributed by atoms with Gasteiger partial charge < -0.3 is 15.7 Å². The first-order valence-electron chi connectivity index (χ1n) is 7.44. The highest BCUT2D eigenvalue weighted by Crippen LogP contribution is 2.16. The third kappa shape index (κ3) is 5.81. The molecule has 0 spiro atoms. The maximum atomic E-state index is 13.5. The second kappa shape index (κ2) is 9.15. The van der Waals surface area contributed by atoms with Gasteiger partial charge >= 0.3 is 0 Å². The maximum Gasteiger partial charge on any atom is 0.251 e. The van der Waals surface area contributed by atoms with Gasteiger partial charge in [-0.05, 0) is 37.0 Å². The molecule has 0 aromatic heterocycles. The van der Waals surface area contributed by atoms with Crippen LogP contribution in [0, 0.1) is 11.7 Å². The molecule has 0 aliphatic rings. The monoisotopic (exact) mass is 310 g/mol. The maximum absolute atomic E-state index is 13.5. The van der Waals surface area contributed by atoms with E-state index < -0.39 is 11.7 Å². The lowest BCUT2D eigenvalue weighted by atomic mass is 10.00. The summed E-state index contributed by atoms with van der Waals surface area (Å²) in [5.74, 6) is -1.10. The Morgan fingerprint density at radius 2 is 2.05 bits per heavy atom. The summed E-state index contributed by atoms with van der Waals surface area (Å²) in [6, 6.07) is 3.83. The summed E-state index contributed by atoms with van der Waals surface area (Å²) in [6.45, 7) is 3.87. The van der Waals surface area contributed by atoms with E-state index in [1.807, 2.05) is 6.92 Å². The van der Waals surface area contributed by atoms with E-state index >= 15 is 0 Å². The van der Waals surface area contributed by atoms with Gasteiger partial charge in [-0.25, -0.2) is 4.39 Å². The number of aliphatic hydroxyl groups is 1. The molecule has 6 heteroatoms. The van der Waals surface area contributed by atoms with Crippen molar-refractivity contribution >= 4 is 17.5 Å². The van der Waals surface area contributed by atoms with E-state index in [4.69, 9.17) is 5.11 Å². The quantitative estimate of drug-likeness (QED) is 0.689. The van der Waals surface area contributed by atoms with E-state index in [-0.39, 0.29) is 29.7 Å². The van der Waals surface area contributed by atoms with Gasteiger partial charge in [0.2, 0.25) is 5.91 Å². The minimum Gasteiger partial charge on any atom is -0.396 e. The molecule has 0 saturated carbocycles. The first kappa shape index (κ1) is 18.1.